The Hall–Kier alpha value is -0.980. The van der Waals surface area contributed by atoms with Crippen LogP contribution in [0.25, 0.3) is 0 Å². The first-order valence-electron chi connectivity index (χ1n) is 5.99. The van der Waals surface area contributed by atoms with Crippen molar-refractivity contribution in [3.8, 4) is 0 Å². The maximum absolute atomic E-state index is 9.44. The molecule has 0 aliphatic heterocycles. The van der Waals surface area contributed by atoms with Crippen molar-refractivity contribution in [2.24, 2.45) is 0 Å². The van der Waals surface area contributed by atoms with Gasteiger partial charge in [0.1, 0.15) is 5.69 Å². The summed E-state index contributed by atoms with van der Waals surface area (Å²) < 4.78 is 1.59. The molecule has 0 saturated carbocycles. The van der Waals surface area contributed by atoms with Crippen LogP contribution in [0.1, 0.15) is 44.0 Å². The Bertz CT molecular complexity index is 337. The first kappa shape index (κ1) is 14.1. The second-order valence-electron chi connectivity index (χ2n) is 4.11. The Balaban J connectivity index is 3.00. The van der Waals surface area contributed by atoms with Crippen LogP contribution in [-0.4, -0.2) is 43.0 Å². The molecule has 6 nitrogen and oxygen atoms in total. The second kappa shape index (κ2) is 6.68. The largest absolute Gasteiger partial charge is 0.394 e. The third-order valence-corrected chi connectivity index (χ3v) is 2.96. The van der Waals surface area contributed by atoms with Gasteiger partial charge >= 0.3 is 0 Å². The quantitative estimate of drug-likeness (QED) is 0.628. The molecule has 3 N–H and O–H groups in total. The summed E-state index contributed by atoms with van der Waals surface area (Å²) in [6.45, 7) is 3.87. The average molecular weight is 243 g/mol. The number of aliphatic hydroxyl groups is 3. The first-order chi connectivity index (χ1) is 8.17. The number of hydrogen-bond acceptors (Lipinski definition) is 5. The van der Waals surface area contributed by atoms with E-state index in [9.17, 15) is 10.2 Å². The molecule has 0 radical (unpaired) electrons. The Morgan fingerprint density at radius 1 is 1.24 bits per heavy atom. The minimum Gasteiger partial charge on any atom is -0.394 e. The van der Waals surface area contributed by atoms with Crippen LogP contribution >= 0.6 is 0 Å². The maximum atomic E-state index is 9.44. The zero-order chi connectivity index (χ0) is 12.8. The van der Waals surface area contributed by atoms with Crippen LogP contribution in [0.4, 0.5) is 0 Å². The van der Waals surface area contributed by atoms with Crippen LogP contribution in [0.5, 0.6) is 0 Å². The number of aliphatic hydroxyl groups excluding tert-OH is 3. The van der Waals surface area contributed by atoms with Gasteiger partial charge in [-0.05, 0) is 12.8 Å². The van der Waals surface area contributed by atoms with E-state index in [1.807, 2.05) is 0 Å². The lowest BCUT2D eigenvalue weighted by molar-refractivity contribution is 0.0766. The van der Waals surface area contributed by atoms with Crippen LogP contribution in [0.2, 0.25) is 0 Å². The van der Waals surface area contributed by atoms with Crippen LogP contribution in [-0.2, 0) is 13.2 Å². The summed E-state index contributed by atoms with van der Waals surface area (Å²) in [6.07, 6.45) is 0.995. The van der Waals surface area contributed by atoms with E-state index in [1.165, 1.54) is 0 Å². The highest BCUT2D eigenvalue weighted by Gasteiger charge is 2.20. The van der Waals surface area contributed by atoms with E-state index < -0.39 is 6.10 Å². The van der Waals surface area contributed by atoms with Gasteiger partial charge in [0.05, 0.1) is 31.6 Å². The van der Waals surface area contributed by atoms with E-state index in [1.54, 1.807) is 4.68 Å². The van der Waals surface area contributed by atoms with E-state index in [-0.39, 0.29) is 25.7 Å². The molecule has 0 spiro atoms. The normalized spacial score (nSPS) is 13.3. The monoisotopic (exact) mass is 243 g/mol. The molecular weight excluding hydrogens is 222 g/mol. The molecule has 1 aromatic heterocycles. The summed E-state index contributed by atoms with van der Waals surface area (Å²) in [5.41, 5.74) is 1.42. The van der Waals surface area contributed by atoms with Gasteiger partial charge in [-0.3, -0.25) is 0 Å². The molecule has 98 valence electrons. The van der Waals surface area contributed by atoms with Crippen molar-refractivity contribution < 1.29 is 15.3 Å². The highest BCUT2D eigenvalue weighted by atomic mass is 16.3. The topological polar surface area (TPSA) is 91.4 Å². The summed E-state index contributed by atoms with van der Waals surface area (Å²) >= 11 is 0. The molecule has 1 aromatic rings. The Labute approximate surface area is 101 Å². The lowest BCUT2D eigenvalue weighted by Crippen LogP contribution is -2.23. The van der Waals surface area contributed by atoms with Crippen molar-refractivity contribution in [1.82, 2.24) is 15.0 Å². The molecule has 0 saturated heterocycles. The number of rotatable bonds is 7. The molecule has 1 unspecified atom stereocenters. The van der Waals surface area contributed by atoms with Crippen molar-refractivity contribution >= 4 is 0 Å². The fourth-order valence-electron chi connectivity index (χ4n) is 1.98. The highest BCUT2D eigenvalue weighted by molar-refractivity contribution is 5.15. The van der Waals surface area contributed by atoms with E-state index in [0.29, 0.717) is 5.69 Å². The predicted molar refractivity (Wildman–Crippen MR) is 62.4 cm³/mol. The van der Waals surface area contributed by atoms with Crippen LogP contribution in [0.3, 0.4) is 0 Å². The Morgan fingerprint density at radius 3 is 2.35 bits per heavy atom. The van der Waals surface area contributed by atoms with Gasteiger partial charge in [-0.2, -0.15) is 0 Å². The lowest BCUT2D eigenvalue weighted by Gasteiger charge is -2.17. The smallest absolute Gasteiger partial charge is 0.112 e. The van der Waals surface area contributed by atoms with Gasteiger partial charge in [-0.25, -0.2) is 4.68 Å². The molecule has 0 amide bonds. The van der Waals surface area contributed by atoms with Crippen molar-refractivity contribution in [3.05, 3.63) is 11.4 Å². The second-order valence-corrected chi connectivity index (χ2v) is 4.11. The zero-order valence-electron chi connectivity index (χ0n) is 10.4. The van der Waals surface area contributed by atoms with Gasteiger partial charge in [0.15, 0.2) is 0 Å². The molecule has 0 fully saturated rings. The molecule has 1 heterocycles. The maximum Gasteiger partial charge on any atom is 0.112 e. The SMILES string of the molecule is CCC(CC)c1c(CO)nnn1CC(O)CO. The molecule has 0 aromatic carbocycles. The molecule has 0 bridgehead atoms. The molecule has 17 heavy (non-hydrogen) atoms. The minimum atomic E-state index is -0.851. The van der Waals surface area contributed by atoms with Gasteiger partial charge in [0.2, 0.25) is 0 Å². The van der Waals surface area contributed by atoms with Gasteiger partial charge in [0.25, 0.3) is 0 Å². The minimum absolute atomic E-state index is 0.152. The molecule has 0 aliphatic carbocycles. The molecule has 1 rings (SSSR count). The van der Waals surface area contributed by atoms with Crippen LogP contribution in [0, 0.1) is 0 Å². The van der Waals surface area contributed by atoms with Gasteiger partial charge in [-0.15, -0.1) is 5.10 Å². The fraction of sp³-hybridized carbons (Fsp3) is 0.818. The number of aromatic nitrogens is 3. The van der Waals surface area contributed by atoms with Crippen molar-refractivity contribution in [2.75, 3.05) is 6.61 Å². The predicted octanol–water partition coefficient (Wildman–Crippen LogP) is 0.0272. The van der Waals surface area contributed by atoms with E-state index in [0.717, 1.165) is 18.5 Å². The third kappa shape index (κ3) is 3.24. The Kier molecular flexibility index (Phi) is 5.54. The molecular formula is C11H21N3O3. The highest BCUT2D eigenvalue weighted by Crippen LogP contribution is 2.25. The number of nitrogens with zero attached hydrogens (tertiary/aromatic N) is 3. The van der Waals surface area contributed by atoms with Crippen molar-refractivity contribution in [2.45, 2.75) is 51.9 Å². The van der Waals surface area contributed by atoms with Crippen LogP contribution in [0.15, 0.2) is 0 Å². The summed E-state index contributed by atoms with van der Waals surface area (Å²) in [4.78, 5) is 0. The van der Waals surface area contributed by atoms with Gasteiger partial charge in [0, 0.05) is 5.92 Å². The average Bonchev–Trinajstić information content (AvgIpc) is 2.74. The molecule has 1 atom stereocenters. The summed E-state index contributed by atoms with van der Waals surface area (Å²) in [5, 5.41) is 35.4. The van der Waals surface area contributed by atoms with E-state index in [2.05, 4.69) is 24.2 Å². The molecule has 0 aliphatic rings. The lowest BCUT2D eigenvalue weighted by atomic mass is 9.97. The zero-order valence-corrected chi connectivity index (χ0v) is 10.4. The summed E-state index contributed by atoms with van der Waals surface area (Å²) in [7, 11) is 0. The van der Waals surface area contributed by atoms with E-state index >= 15 is 0 Å². The van der Waals surface area contributed by atoms with Crippen molar-refractivity contribution in [1.29, 1.82) is 0 Å². The van der Waals surface area contributed by atoms with Crippen LogP contribution < -0.4 is 0 Å². The van der Waals surface area contributed by atoms with Gasteiger partial charge in [-0.1, -0.05) is 19.1 Å². The standard InChI is InChI=1S/C11H21N3O3/c1-3-8(4-2)11-10(7-16)12-13-14(11)5-9(17)6-15/h8-9,15-17H,3-7H2,1-2H3. The summed E-state index contributed by atoms with van der Waals surface area (Å²) in [6, 6.07) is 0. The van der Waals surface area contributed by atoms with Crippen molar-refractivity contribution in [3.63, 3.8) is 0 Å². The summed E-state index contributed by atoms with van der Waals surface area (Å²) in [5.74, 6) is 0.262. The Morgan fingerprint density at radius 2 is 1.88 bits per heavy atom. The molecule has 6 heteroatoms. The third-order valence-electron chi connectivity index (χ3n) is 2.96. The van der Waals surface area contributed by atoms with Gasteiger partial charge < -0.3 is 15.3 Å². The first-order valence-corrected chi connectivity index (χ1v) is 5.99. The number of hydrogen-bond donors (Lipinski definition) is 3. The fourth-order valence-corrected chi connectivity index (χ4v) is 1.98. The van der Waals surface area contributed by atoms with E-state index in [4.69, 9.17) is 5.11 Å².